The van der Waals surface area contributed by atoms with Gasteiger partial charge in [0.15, 0.2) is 6.23 Å². The number of sulfonamides is 1. The average molecular weight is 515 g/mol. The lowest BCUT2D eigenvalue weighted by Crippen LogP contribution is -2.46. The Hall–Kier alpha value is -2.46. The van der Waals surface area contributed by atoms with Crippen molar-refractivity contribution in [3.63, 3.8) is 0 Å². The molecule has 4 rings (SSSR count). The Morgan fingerprint density at radius 3 is 2.28 bits per heavy atom. The van der Waals surface area contributed by atoms with Crippen LogP contribution in [0.5, 0.6) is 0 Å². The summed E-state index contributed by atoms with van der Waals surface area (Å²) in [7, 11) is 0.279. The van der Waals surface area contributed by atoms with Crippen LogP contribution in [0.3, 0.4) is 0 Å². The van der Waals surface area contributed by atoms with Crippen LogP contribution in [-0.4, -0.2) is 88.4 Å². The highest BCUT2D eigenvalue weighted by Crippen LogP contribution is 2.38. The molecule has 2 aliphatic rings. The Morgan fingerprint density at radius 1 is 1.00 bits per heavy atom. The lowest BCUT2D eigenvalue weighted by atomic mass is 9.94. The van der Waals surface area contributed by atoms with Gasteiger partial charge in [-0.3, -0.25) is 4.79 Å². The fraction of sp³-hybridized carbons (Fsp3) is 0.519. The standard InChI is InChI=1S/C27H38N4O4S/c1-5-30(6-2)36(33,34)23-12-10-21(11-13-23)20-25(32)31-15-14-22-8-7-9-24(26(22)27(31)35-4)29-18-16-28(3)17-19-29/h7-13,27H,5-6,14-20H2,1-4H3. The third-order valence-electron chi connectivity index (χ3n) is 7.33. The monoisotopic (exact) mass is 514 g/mol. The van der Waals surface area contributed by atoms with Crippen LogP contribution in [0.4, 0.5) is 5.69 Å². The van der Waals surface area contributed by atoms with Crippen molar-refractivity contribution in [3.8, 4) is 0 Å². The number of nitrogens with zero attached hydrogens (tertiary/aromatic N) is 4. The summed E-state index contributed by atoms with van der Waals surface area (Å²) in [5.74, 6) is -0.0277. The van der Waals surface area contributed by atoms with Gasteiger partial charge in [-0.15, -0.1) is 0 Å². The second-order valence-electron chi connectivity index (χ2n) is 9.48. The van der Waals surface area contributed by atoms with Gasteiger partial charge in [0, 0.05) is 64.2 Å². The highest BCUT2D eigenvalue weighted by Gasteiger charge is 2.34. The van der Waals surface area contributed by atoms with E-state index in [4.69, 9.17) is 4.74 Å². The molecule has 196 valence electrons. The van der Waals surface area contributed by atoms with E-state index in [0.29, 0.717) is 19.6 Å². The van der Waals surface area contributed by atoms with Gasteiger partial charge in [0.25, 0.3) is 0 Å². The van der Waals surface area contributed by atoms with Crippen LogP contribution < -0.4 is 4.90 Å². The third-order valence-corrected chi connectivity index (χ3v) is 9.40. The number of amides is 1. The Morgan fingerprint density at radius 2 is 1.67 bits per heavy atom. The minimum Gasteiger partial charge on any atom is -0.369 e. The summed E-state index contributed by atoms with van der Waals surface area (Å²) in [5, 5.41) is 0. The first-order valence-corrected chi connectivity index (χ1v) is 14.2. The number of hydrogen-bond donors (Lipinski definition) is 0. The van der Waals surface area contributed by atoms with E-state index in [1.165, 1.54) is 9.87 Å². The first kappa shape index (κ1) is 26.6. The molecule has 0 bridgehead atoms. The molecule has 1 unspecified atom stereocenters. The highest BCUT2D eigenvalue weighted by molar-refractivity contribution is 7.89. The molecule has 1 amide bonds. The van der Waals surface area contributed by atoms with Crippen LogP contribution in [0, 0.1) is 0 Å². The van der Waals surface area contributed by atoms with Gasteiger partial charge < -0.3 is 19.4 Å². The molecular formula is C27H38N4O4S. The SMILES string of the molecule is CCN(CC)S(=O)(=O)c1ccc(CC(=O)N2CCc3cccc(N4CCN(C)CC4)c3C2OC)cc1. The maximum Gasteiger partial charge on any atom is 0.243 e. The smallest absolute Gasteiger partial charge is 0.243 e. The molecule has 36 heavy (non-hydrogen) atoms. The van der Waals surface area contributed by atoms with Gasteiger partial charge in [-0.05, 0) is 42.8 Å². The van der Waals surface area contributed by atoms with E-state index in [9.17, 15) is 13.2 Å². The molecule has 0 aliphatic carbocycles. The van der Waals surface area contributed by atoms with E-state index in [1.54, 1.807) is 31.4 Å². The quantitative estimate of drug-likeness (QED) is 0.540. The van der Waals surface area contributed by atoms with Crippen LogP contribution in [-0.2, 0) is 32.4 Å². The van der Waals surface area contributed by atoms with Crippen molar-refractivity contribution < 1.29 is 17.9 Å². The molecule has 0 radical (unpaired) electrons. The molecule has 1 saturated heterocycles. The third kappa shape index (κ3) is 5.29. The number of methoxy groups -OCH3 is 1. The van der Waals surface area contributed by atoms with Gasteiger partial charge in [0.2, 0.25) is 15.9 Å². The fourth-order valence-electron chi connectivity index (χ4n) is 5.21. The zero-order chi connectivity index (χ0) is 25.9. The molecule has 0 saturated carbocycles. The zero-order valence-electron chi connectivity index (χ0n) is 21.8. The van der Waals surface area contributed by atoms with Crippen molar-refractivity contribution in [2.75, 3.05) is 64.9 Å². The molecule has 1 fully saturated rings. The van der Waals surface area contributed by atoms with E-state index in [1.807, 2.05) is 18.7 Å². The van der Waals surface area contributed by atoms with Crippen LogP contribution >= 0.6 is 0 Å². The maximum atomic E-state index is 13.5. The molecule has 0 aromatic heterocycles. The van der Waals surface area contributed by atoms with Crippen molar-refractivity contribution in [2.24, 2.45) is 0 Å². The van der Waals surface area contributed by atoms with Gasteiger partial charge >= 0.3 is 0 Å². The van der Waals surface area contributed by atoms with E-state index in [2.05, 4.69) is 35.0 Å². The number of likely N-dealkylation sites (N-methyl/N-ethyl adjacent to an activating group) is 1. The lowest BCUT2D eigenvalue weighted by Gasteiger charge is -2.41. The van der Waals surface area contributed by atoms with Gasteiger partial charge in [-0.1, -0.05) is 38.1 Å². The van der Waals surface area contributed by atoms with Crippen LogP contribution in [0.15, 0.2) is 47.4 Å². The van der Waals surface area contributed by atoms with Gasteiger partial charge in [-0.2, -0.15) is 4.31 Å². The molecule has 9 heteroatoms. The predicted octanol–water partition coefficient (Wildman–Crippen LogP) is 2.74. The largest absolute Gasteiger partial charge is 0.369 e. The Bertz CT molecular complexity index is 1160. The Kier molecular flexibility index (Phi) is 8.34. The molecule has 0 N–H and O–H groups in total. The number of hydrogen-bond acceptors (Lipinski definition) is 6. The molecule has 2 aromatic carbocycles. The van der Waals surface area contributed by atoms with Gasteiger partial charge in [0.1, 0.15) is 0 Å². The van der Waals surface area contributed by atoms with E-state index < -0.39 is 16.3 Å². The topological polar surface area (TPSA) is 73.4 Å². The van der Waals surface area contributed by atoms with Crippen molar-refractivity contribution in [2.45, 2.75) is 37.8 Å². The molecule has 2 aliphatic heterocycles. The number of rotatable bonds is 8. The minimum atomic E-state index is -3.52. The number of benzene rings is 2. The van der Waals surface area contributed by atoms with Crippen LogP contribution in [0.2, 0.25) is 0 Å². The zero-order valence-corrected chi connectivity index (χ0v) is 22.6. The second kappa shape index (κ2) is 11.3. The minimum absolute atomic E-state index is 0.0277. The Balaban J connectivity index is 1.53. The summed E-state index contributed by atoms with van der Waals surface area (Å²) >= 11 is 0. The average Bonchev–Trinajstić information content (AvgIpc) is 2.89. The summed E-state index contributed by atoms with van der Waals surface area (Å²) in [6.45, 7) is 8.98. The number of piperazine rings is 1. The van der Waals surface area contributed by atoms with Crippen molar-refractivity contribution in [3.05, 3.63) is 59.2 Å². The van der Waals surface area contributed by atoms with Crippen molar-refractivity contribution >= 4 is 21.6 Å². The molecule has 8 nitrogen and oxygen atoms in total. The van der Waals surface area contributed by atoms with Crippen LogP contribution in [0.1, 0.15) is 36.8 Å². The number of ether oxygens (including phenoxy) is 1. The normalized spacial score (nSPS) is 19.0. The lowest BCUT2D eigenvalue weighted by molar-refractivity contribution is -0.145. The van der Waals surface area contributed by atoms with Crippen molar-refractivity contribution in [1.29, 1.82) is 0 Å². The molecular weight excluding hydrogens is 476 g/mol. The van der Waals surface area contributed by atoms with E-state index in [0.717, 1.165) is 49.4 Å². The van der Waals surface area contributed by atoms with Crippen molar-refractivity contribution in [1.82, 2.24) is 14.1 Å². The molecule has 0 spiro atoms. The van der Waals surface area contributed by atoms with Gasteiger partial charge in [0.05, 0.1) is 11.3 Å². The first-order chi connectivity index (χ1) is 17.3. The van der Waals surface area contributed by atoms with Crippen LogP contribution in [0.25, 0.3) is 0 Å². The van der Waals surface area contributed by atoms with E-state index in [-0.39, 0.29) is 17.2 Å². The molecule has 2 heterocycles. The fourth-order valence-corrected chi connectivity index (χ4v) is 6.67. The first-order valence-electron chi connectivity index (χ1n) is 12.8. The summed E-state index contributed by atoms with van der Waals surface area (Å²) in [6, 6.07) is 13.1. The summed E-state index contributed by atoms with van der Waals surface area (Å²) < 4.78 is 32.9. The number of fused-ring (bicyclic) bond motifs is 1. The number of carbonyl (C=O) groups is 1. The van der Waals surface area contributed by atoms with E-state index >= 15 is 0 Å². The highest BCUT2D eigenvalue weighted by atomic mass is 32.2. The maximum absolute atomic E-state index is 13.5. The van der Waals surface area contributed by atoms with Gasteiger partial charge in [-0.25, -0.2) is 8.42 Å². The Labute approximate surface area is 215 Å². The summed E-state index contributed by atoms with van der Waals surface area (Å²) in [5.41, 5.74) is 4.25. The molecule has 1 atom stereocenters. The summed E-state index contributed by atoms with van der Waals surface area (Å²) in [6.07, 6.45) is 0.528. The second-order valence-corrected chi connectivity index (χ2v) is 11.4. The number of anilines is 1. The number of carbonyl (C=O) groups excluding carboxylic acids is 1. The summed E-state index contributed by atoms with van der Waals surface area (Å²) in [4.78, 5) is 20.3. The predicted molar refractivity (Wildman–Crippen MR) is 142 cm³/mol. The molecule has 2 aromatic rings.